The number of benzene rings is 3. The van der Waals surface area contributed by atoms with Crippen LogP contribution in [-0.2, 0) is 10.0 Å². The number of para-hydroxylation sites is 2. The van der Waals surface area contributed by atoms with Crippen molar-refractivity contribution in [2.45, 2.75) is 11.8 Å². The number of halogens is 1. The molecule has 2 heterocycles. The molecule has 9 nitrogen and oxygen atoms in total. The van der Waals surface area contributed by atoms with E-state index in [0.29, 0.717) is 39.7 Å². The average molecular weight is 561 g/mol. The average Bonchev–Trinajstić information content (AvgIpc) is 2.94. The summed E-state index contributed by atoms with van der Waals surface area (Å²) in [5, 5.41) is 3.36. The maximum atomic E-state index is 13.2. The first-order chi connectivity index (χ1) is 18.8. The van der Waals surface area contributed by atoms with E-state index >= 15 is 0 Å². The molecule has 5 rings (SSSR count). The van der Waals surface area contributed by atoms with Gasteiger partial charge in [-0.15, -0.1) is 0 Å². The van der Waals surface area contributed by atoms with Gasteiger partial charge in [0, 0.05) is 28.4 Å². The molecule has 196 valence electrons. The van der Waals surface area contributed by atoms with Crippen LogP contribution in [0.3, 0.4) is 0 Å². The number of fused-ring (bicyclic) bond motifs is 1. The molecule has 1 amide bonds. The van der Waals surface area contributed by atoms with Gasteiger partial charge in [-0.3, -0.25) is 9.52 Å². The maximum Gasteiger partial charge on any atom is 0.372 e. The van der Waals surface area contributed by atoms with Crippen LogP contribution in [0.5, 0.6) is 5.75 Å². The number of ether oxygens (including phenoxy) is 1. The van der Waals surface area contributed by atoms with Gasteiger partial charge in [0.2, 0.25) is 11.3 Å². The van der Waals surface area contributed by atoms with Crippen molar-refractivity contribution in [2.75, 3.05) is 16.6 Å². The molecule has 0 aliphatic carbocycles. The quantitative estimate of drug-likeness (QED) is 0.258. The summed E-state index contributed by atoms with van der Waals surface area (Å²) in [6, 6.07) is 23.2. The molecule has 5 aromatic rings. The molecular weight excluding hydrogens is 538 g/mol. The van der Waals surface area contributed by atoms with Crippen molar-refractivity contribution in [3.8, 4) is 11.6 Å². The molecule has 3 aromatic carbocycles. The Labute approximate surface area is 230 Å². The third-order valence-electron chi connectivity index (χ3n) is 5.67. The standard InChI is InChI=1S/C28H22ClN5O4S/c1-2-38-22-11-13-23(14-12-22)39(36,37)33-26-27(32-25-6-4-3-5-24(25)31-26)34-17-15-21(16-18-34)30-28(35)19-7-9-20(29)10-8-19/h3-18H,2H2,1H3,(H,31,33)/p+1. The summed E-state index contributed by atoms with van der Waals surface area (Å²) in [5.41, 5.74) is 2.11. The Bertz CT molecular complexity index is 1740. The van der Waals surface area contributed by atoms with Crippen molar-refractivity contribution in [1.29, 1.82) is 0 Å². The number of nitrogens with zero attached hydrogens (tertiary/aromatic N) is 3. The fourth-order valence-electron chi connectivity index (χ4n) is 3.76. The predicted molar refractivity (Wildman–Crippen MR) is 149 cm³/mol. The highest BCUT2D eigenvalue weighted by Gasteiger charge is 2.25. The van der Waals surface area contributed by atoms with Crippen LogP contribution < -0.4 is 19.3 Å². The molecule has 0 aliphatic rings. The van der Waals surface area contributed by atoms with E-state index in [4.69, 9.17) is 16.3 Å². The lowest BCUT2D eigenvalue weighted by Gasteiger charge is -2.10. The first-order valence-corrected chi connectivity index (χ1v) is 13.8. The minimum absolute atomic E-state index is 0.0468. The maximum absolute atomic E-state index is 13.2. The monoisotopic (exact) mass is 560 g/mol. The number of amides is 1. The number of nitrogens with one attached hydrogen (secondary N) is 2. The first kappa shape index (κ1) is 26.1. The van der Waals surface area contributed by atoms with Gasteiger partial charge >= 0.3 is 5.82 Å². The van der Waals surface area contributed by atoms with Crippen LogP contribution >= 0.6 is 11.6 Å². The van der Waals surface area contributed by atoms with Crippen LogP contribution in [-0.4, -0.2) is 30.9 Å². The lowest BCUT2D eigenvalue weighted by Crippen LogP contribution is -2.33. The summed E-state index contributed by atoms with van der Waals surface area (Å²) in [5.74, 6) is 0.587. The number of rotatable bonds is 8. The summed E-state index contributed by atoms with van der Waals surface area (Å²) in [4.78, 5) is 21.8. The molecule has 0 fully saturated rings. The van der Waals surface area contributed by atoms with Crippen LogP contribution in [0.1, 0.15) is 17.3 Å². The van der Waals surface area contributed by atoms with Crippen molar-refractivity contribution >= 4 is 50.1 Å². The fourth-order valence-corrected chi connectivity index (χ4v) is 4.89. The molecule has 0 spiro atoms. The van der Waals surface area contributed by atoms with E-state index in [-0.39, 0.29) is 22.4 Å². The molecule has 0 saturated carbocycles. The van der Waals surface area contributed by atoms with Crippen LogP contribution in [0.15, 0.2) is 102 Å². The highest BCUT2D eigenvalue weighted by molar-refractivity contribution is 7.92. The van der Waals surface area contributed by atoms with Gasteiger partial charge in [-0.1, -0.05) is 23.7 Å². The number of carbonyl (C=O) groups excluding carboxylic acids is 1. The Morgan fingerprint density at radius 1 is 0.897 bits per heavy atom. The topological polar surface area (TPSA) is 114 Å². The number of hydrogen-bond donors (Lipinski definition) is 2. The number of aromatic nitrogens is 3. The van der Waals surface area contributed by atoms with E-state index in [1.807, 2.05) is 13.0 Å². The van der Waals surface area contributed by atoms with Crippen molar-refractivity contribution in [3.63, 3.8) is 0 Å². The number of anilines is 2. The lowest BCUT2D eigenvalue weighted by atomic mass is 10.2. The molecule has 2 aromatic heterocycles. The zero-order valence-electron chi connectivity index (χ0n) is 20.7. The minimum atomic E-state index is -3.99. The SMILES string of the molecule is CCOc1ccc(S(=O)(=O)Nc2nc3ccccc3nc2-[n+]2ccc(NC(=O)c3ccc(Cl)cc3)cc2)cc1. The zero-order valence-corrected chi connectivity index (χ0v) is 22.3. The van der Waals surface area contributed by atoms with Crippen LogP contribution in [0, 0.1) is 0 Å². The van der Waals surface area contributed by atoms with Crippen molar-refractivity contribution in [2.24, 2.45) is 0 Å². The smallest absolute Gasteiger partial charge is 0.372 e. The van der Waals surface area contributed by atoms with Crippen molar-refractivity contribution in [3.05, 3.63) is 108 Å². The molecule has 0 aliphatic heterocycles. The number of carbonyl (C=O) groups is 1. The summed E-state index contributed by atoms with van der Waals surface area (Å²) in [6.07, 6.45) is 3.32. The molecule has 2 N–H and O–H groups in total. The lowest BCUT2D eigenvalue weighted by molar-refractivity contribution is -0.598. The van der Waals surface area contributed by atoms with E-state index in [1.54, 1.807) is 83.7 Å². The third kappa shape index (κ3) is 5.97. The normalized spacial score (nSPS) is 11.2. The summed E-state index contributed by atoms with van der Waals surface area (Å²) < 4.78 is 36.1. The van der Waals surface area contributed by atoms with E-state index in [1.165, 1.54) is 12.1 Å². The van der Waals surface area contributed by atoms with Crippen LogP contribution in [0.4, 0.5) is 11.5 Å². The number of sulfonamides is 1. The third-order valence-corrected chi connectivity index (χ3v) is 7.27. The molecule has 0 bridgehead atoms. The van der Waals surface area contributed by atoms with Gasteiger partial charge in [0.05, 0.1) is 23.9 Å². The second-order valence-electron chi connectivity index (χ2n) is 8.35. The molecule has 39 heavy (non-hydrogen) atoms. The van der Waals surface area contributed by atoms with Gasteiger partial charge < -0.3 is 10.1 Å². The second kappa shape index (κ2) is 11.1. The molecule has 0 saturated heterocycles. The number of pyridine rings is 1. The van der Waals surface area contributed by atoms with Crippen LogP contribution in [0.2, 0.25) is 5.02 Å². The van der Waals surface area contributed by atoms with E-state index in [9.17, 15) is 13.2 Å². The van der Waals surface area contributed by atoms with Gasteiger partial charge in [-0.05, 0) is 72.6 Å². The summed E-state index contributed by atoms with van der Waals surface area (Å²) in [7, 11) is -3.99. The Balaban J connectivity index is 1.46. The fraction of sp³-hybridized carbons (Fsp3) is 0.0714. The molecular formula is C28H23ClN5O4S+. The second-order valence-corrected chi connectivity index (χ2v) is 10.5. The molecule has 0 radical (unpaired) electrons. The summed E-state index contributed by atoms with van der Waals surface area (Å²) >= 11 is 5.90. The predicted octanol–water partition coefficient (Wildman–Crippen LogP) is 5.01. The molecule has 0 unspecified atom stereocenters. The highest BCUT2D eigenvalue weighted by Crippen LogP contribution is 2.23. The van der Waals surface area contributed by atoms with Crippen molar-refractivity contribution < 1.29 is 22.5 Å². The van der Waals surface area contributed by atoms with Gasteiger partial charge in [0.1, 0.15) is 11.3 Å². The first-order valence-electron chi connectivity index (χ1n) is 11.9. The molecule has 0 atom stereocenters. The van der Waals surface area contributed by atoms with Gasteiger partial charge in [-0.25, -0.2) is 13.4 Å². The Morgan fingerprint density at radius 3 is 2.18 bits per heavy atom. The van der Waals surface area contributed by atoms with Gasteiger partial charge in [0.15, 0.2) is 0 Å². The largest absolute Gasteiger partial charge is 0.494 e. The van der Waals surface area contributed by atoms with E-state index < -0.39 is 10.0 Å². The Kier molecular flexibility index (Phi) is 7.40. The summed E-state index contributed by atoms with van der Waals surface area (Å²) in [6.45, 7) is 2.32. The highest BCUT2D eigenvalue weighted by atomic mass is 35.5. The van der Waals surface area contributed by atoms with Gasteiger partial charge in [0.25, 0.3) is 15.9 Å². The van der Waals surface area contributed by atoms with E-state index in [2.05, 4.69) is 20.0 Å². The Hall–Kier alpha value is -4.54. The van der Waals surface area contributed by atoms with Gasteiger partial charge in [-0.2, -0.15) is 4.57 Å². The number of hydrogen-bond acceptors (Lipinski definition) is 6. The zero-order chi connectivity index (χ0) is 27.4. The van der Waals surface area contributed by atoms with E-state index in [0.717, 1.165) is 0 Å². The Morgan fingerprint density at radius 2 is 1.54 bits per heavy atom. The minimum Gasteiger partial charge on any atom is -0.494 e. The van der Waals surface area contributed by atoms with Crippen molar-refractivity contribution in [1.82, 2.24) is 9.97 Å². The van der Waals surface area contributed by atoms with Crippen LogP contribution in [0.25, 0.3) is 16.9 Å². The molecule has 11 heteroatoms.